The number of aliphatic hydroxyl groups excluding tert-OH is 1. The van der Waals surface area contributed by atoms with E-state index in [1.807, 2.05) is 19.9 Å². The van der Waals surface area contributed by atoms with E-state index in [1.54, 1.807) is 0 Å². The third-order valence-electron chi connectivity index (χ3n) is 4.97. The van der Waals surface area contributed by atoms with E-state index >= 15 is 0 Å². The Morgan fingerprint density at radius 1 is 1.34 bits per heavy atom. The van der Waals surface area contributed by atoms with Crippen molar-refractivity contribution in [3.05, 3.63) is 47.1 Å². The van der Waals surface area contributed by atoms with E-state index in [0.29, 0.717) is 6.42 Å². The summed E-state index contributed by atoms with van der Waals surface area (Å²) in [7, 11) is 0. The largest absolute Gasteiger partial charge is 0.462 e. The van der Waals surface area contributed by atoms with Gasteiger partial charge in [0.25, 0.3) is 0 Å². The zero-order valence-electron chi connectivity index (χ0n) is 17.1. The molecule has 0 aromatic carbocycles. The van der Waals surface area contributed by atoms with Crippen LogP contribution in [0, 0.1) is 5.92 Å². The Morgan fingerprint density at radius 3 is 2.72 bits per heavy atom. The smallest absolute Gasteiger partial charge is 0.336 e. The predicted octanol–water partition coefficient (Wildman–Crippen LogP) is 2.55. The summed E-state index contributed by atoms with van der Waals surface area (Å²) < 4.78 is 15.9. The van der Waals surface area contributed by atoms with E-state index < -0.39 is 42.6 Å². The van der Waals surface area contributed by atoms with Crippen LogP contribution in [-0.4, -0.2) is 48.4 Å². The minimum atomic E-state index is -0.735. The van der Waals surface area contributed by atoms with Crippen molar-refractivity contribution >= 4 is 17.9 Å². The summed E-state index contributed by atoms with van der Waals surface area (Å²) >= 11 is 0. The number of rotatable bonds is 5. The Hall–Kier alpha value is -2.67. The van der Waals surface area contributed by atoms with Crippen molar-refractivity contribution in [3.8, 4) is 0 Å². The molecular weight excluding hydrogens is 376 g/mol. The second-order valence-corrected chi connectivity index (χ2v) is 7.36. The molecule has 0 amide bonds. The molecule has 0 bridgehead atoms. The highest BCUT2D eigenvalue weighted by atomic mass is 16.6. The first-order valence-electron chi connectivity index (χ1n) is 9.59. The number of hydrogen-bond donors (Lipinski definition) is 1. The van der Waals surface area contributed by atoms with Crippen LogP contribution in [0.15, 0.2) is 47.1 Å². The lowest BCUT2D eigenvalue weighted by atomic mass is 9.85. The summed E-state index contributed by atoms with van der Waals surface area (Å²) in [5, 5.41) is 9.52. The maximum atomic E-state index is 12.6. The fourth-order valence-corrected chi connectivity index (χ4v) is 3.42. The third-order valence-corrected chi connectivity index (χ3v) is 4.97. The van der Waals surface area contributed by atoms with Gasteiger partial charge >= 0.3 is 17.9 Å². The molecule has 29 heavy (non-hydrogen) atoms. The van der Waals surface area contributed by atoms with Crippen LogP contribution < -0.4 is 0 Å². The molecule has 1 aliphatic carbocycles. The number of fused-ring (bicyclic) bond motifs is 1. The molecule has 2 rings (SSSR count). The minimum absolute atomic E-state index is 0.0240. The Kier molecular flexibility index (Phi) is 7.96. The maximum absolute atomic E-state index is 12.6. The average molecular weight is 404 g/mol. The number of hydrogen-bond acceptors (Lipinski definition) is 7. The first-order chi connectivity index (χ1) is 13.7. The number of ether oxygens (including phenoxy) is 3. The number of esters is 3. The molecule has 0 saturated carbocycles. The lowest BCUT2D eigenvalue weighted by molar-refractivity contribution is -0.148. The molecule has 7 heteroatoms. The molecule has 158 valence electrons. The zero-order chi connectivity index (χ0) is 21.6. The molecule has 1 N–H and O–H groups in total. The molecule has 1 aliphatic heterocycles. The lowest BCUT2D eigenvalue weighted by Gasteiger charge is -2.27. The standard InChI is InChI=1S/C22H28O7/c1-13-6-5-7-14(2)11-19(20-15(3)21(25)28-18(20)10-13)29-22(26)17(12-23)8-9-27-16(4)24/h7-8,10,18-20,23H,3,5-6,9,11-12H2,1-2,4H3/b13-10+,14-7-,17-8+/t18-,19-,20+/m1/s1. The van der Waals surface area contributed by atoms with Gasteiger partial charge in [-0.3, -0.25) is 4.79 Å². The average Bonchev–Trinajstić information content (AvgIpc) is 2.91. The van der Waals surface area contributed by atoms with E-state index in [9.17, 15) is 19.5 Å². The monoisotopic (exact) mass is 404 g/mol. The first-order valence-corrected chi connectivity index (χ1v) is 9.59. The van der Waals surface area contributed by atoms with Crippen LogP contribution in [0.2, 0.25) is 0 Å². The van der Waals surface area contributed by atoms with E-state index in [1.165, 1.54) is 13.0 Å². The highest BCUT2D eigenvalue weighted by Gasteiger charge is 2.44. The normalized spacial score (nSPS) is 29.0. The molecule has 1 fully saturated rings. The molecule has 3 atom stereocenters. The van der Waals surface area contributed by atoms with Gasteiger partial charge in [0.05, 0.1) is 18.1 Å². The SMILES string of the molecule is C=C1C(=O)O[C@@H]2/C=C(\C)CC/C=C(/C)C[C@@H](OC(=O)/C(=C/COC(C)=O)CO)[C@@H]12. The highest BCUT2D eigenvalue weighted by molar-refractivity contribution is 5.92. The molecular formula is C22H28O7. The van der Waals surface area contributed by atoms with E-state index in [0.717, 1.165) is 24.0 Å². The molecule has 1 saturated heterocycles. The van der Waals surface area contributed by atoms with Crippen molar-refractivity contribution in [2.75, 3.05) is 13.2 Å². The molecule has 1 heterocycles. The number of carbonyl (C=O) groups excluding carboxylic acids is 3. The zero-order valence-corrected chi connectivity index (χ0v) is 17.1. The Balaban J connectivity index is 2.29. The summed E-state index contributed by atoms with van der Waals surface area (Å²) in [6.07, 6.45) is 6.14. The van der Waals surface area contributed by atoms with Crippen molar-refractivity contribution in [3.63, 3.8) is 0 Å². The quantitative estimate of drug-likeness (QED) is 0.325. The first kappa shape index (κ1) is 22.6. The van der Waals surface area contributed by atoms with Crippen LogP contribution in [0.3, 0.4) is 0 Å². The predicted molar refractivity (Wildman–Crippen MR) is 106 cm³/mol. The fraction of sp³-hybridized carbons (Fsp3) is 0.500. The number of allylic oxidation sites excluding steroid dienone is 2. The molecule has 0 aromatic heterocycles. The Bertz CT molecular complexity index is 772. The van der Waals surface area contributed by atoms with E-state index in [2.05, 4.69) is 12.7 Å². The Labute approximate surface area is 170 Å². The van der Waals surface area contributed by atoms with Crippen LogP contribution in [0.1, 0.15) is 40.0 Å². The summed E-state index contributed by atoms with van der Waals surface area (Å²) in [4.78, 5) is 35.7. The van der Waals surface area contributed by atoms with Crippen molar-refractivity contribution in [1.82, 2.24) is 0 Å². The van der Waals surface area contributed by atoms with Crippen molar-refractivity contribution in [2.45, 2.75) is 52.2 Å². The minimum Gasteiger partial charge on any atom is -0.462 e. The van der Waals surface area contributed by atoms with Gasteiger partial charge in [-0.25, -0.2) is 9.59 Å². The van der Waals surface area contributed by atoms with Gasteiger partial charge in [-0.2, -0.15) is 0 Å². The van der Waals surface area contributed by atoms with Gasteiger partial charge in [0, 0.05) is 18.9 Å². The Morgan fingerprint density at radius 2 is 2.07 bits per heavy atom. The highest BCUT2D eigenvalue weighted by Crippen LogP contribution is 2.36. The molecule has 0 aromatic rings. The summed E-state index contributed by atoms with van der Waals surface area (Å²) in [6.45, 7) is 8.31. The summed E-state index contributed by atoms with van der Waals surface area (Å²) in [6, 6.07) is 0. The van der Waals surface area contributed by atoms with Crippen LogP contribution in [-0.2, 0) is 28.6 Å². The molecule has 0 unspecified atom stereocenters. The maximum Gasteiger partial charge on any atom is 0.336 e. The van der Waals surface area contributed by atoms with Crippen molar-refractivity contribution < 1.29 is 33.7 Å². The lowest BCUT2D eigenvalue weighted by Crippen LogP contribution is -2.34. The van der Waals surface area contributed by atoms with Gasteiger partial charge in [0.2, 0.25) is 0 Å². The summed E-state index contributed by atoms with van der Waals surface area (Å²) in [5.41, 5.74) is 2.34. The number of aliphatic hydroxyl groups is 1. The van der Waals surface area contributed by atoms with Gasteiger partial charge in [-0.1, -0.05) is 23.8 Å². The van der Waals surface area contributed by atoms with E-state index in [-0.39, 0.29) is 17.8 Å². The fourth-order valence-electron chi connectivity index (χ4n) is 3.42. The van der Waals surface area contributed by atoms with Crippen molar-refractivity contribution in [1.29, 1.82) is 0 Å². The van der Waals surface area contributed by atoms with Gasteiger partial charge < -0.3 is 19.3 Å². The topological polar surface area (TPSA) is 99.1 Å². The summed E-state index contributed by atoms with van der Waals surface area (Å²) in [5.74, 6) is -2.25. The molecule has 7 nitrogen and oxygen atoms in total. The van der Waals surface area contributed by atoms with Gasteiger partial charge in [-0.15, -0.1) is 0 Å². The van der Waals surface area contributed by atoms with Gasteiger partial charge in [0.1, 0.15) is 18.8 Å². The molecule has 0 spiro atoms. The number of carbonyl (C=O) groups is 3. The molecule has 0 radical (unpaired) electrons. The van der Waals surface area contributed by atoms with Crippen LogP contribution in [0.4, 0.5) is 0 Å². The van der Waals surface area contributed by atoms with Crippen molar-refractivity contribution in [2.24, 2.45) is 5.92 Å². The third kappa shape index (κ3) is 6.15. The van der Waals surface area contributed by atoms with Crippen LogP contribution in [0.5, 0.6) is 0 Å². The molecule has 2 aliphatic rings. The second kappa shape index (κ2) is 10.2. The van der Waals surface area contributed by atoms with Crippen LogP contribution in [0.25, 0.3) is 0 Å². The van der Waals surface area contributed by atoms with Crippen LogP contribution >= 0.6 is 0 Å². The van der Waals surface area contributed by atoms with Gasteiger partial charge in [-0.05, 0) is 38.8 Å². The second-order valence-electron chi connectivity index (χ2n) is 7.36. The van der Waals surface area contributed by atoms with E-state index in [4.69, 9.17) is 14.2 Å². The van der Waals surface area contributed by atoms with Gasteiger partial charge in [0.15, 0.2) is 0 Å².